The summed E-state index contributed by atoms with van der Waals surface area (Å²) in [7, 11) is 4.22. The summed E-state index contributed by atoms with van der Waals surface area (Å²) in [5.74, 6) is -1.27. The Morgan fingerprint density at radius 2 is 0.621 bits per heavy atom. The first-order chi connectivity index (χ1) is 56.9. The molecule has 0 fully saturated rings. The van der Waals surface area contributed by atoms with E-state index < -0.39 is 63.5 Å². The zero-order valence-electron chi connectivity index (χ0n) is 69.9. The second-order valence-corrected chi connectivity index (χ2v) is 29.5. The summed E-state index contributed by atoms with van der Waals surface area (Å²) in [4.78, 5) is 73.4. The minimum atomic E-state index is -3.74. The number of rotatable bonds is 22. The Bertz CT molecular complexity index is 5910. The van der Waals surface area contributed by atoms with Crippen molar-refractivity contribution in [2.24, 2.45) is 5.73 Å². The molecule has 0 unspecified atom stereocenters. The number of hydrogen-bond acceptors (Lipinski definition) is 24. The molecule has 34 nitrogen and oxygen atoms in total. The first-order valence-electron chi connectivity index (χ1n) is 36.0. The van der Waals surface area contributed by atoms with Crippen molar-refractivity contribution in [3.8, 4) is 23.0 Å². The molecule has 0 saturated carbocycles. The fourth-order valence-corrected chi connectivity index (χ4v) is 15.0. The molecule has 14 aromatic rings. The van der Waals surface area contributed by atoms with Crippen LogP contribution < -0.4 is 43.5 Å². The van der Waals surface area contributed by atoms with Gasteiger partial charge in [-0.1, -0.05) is 160 Å². The van der Waals surface area contributed by atoms with Crippen LogP contribution in [0.5, 0.6) is 23.0 Å². The van der Waals surface area contributed by atoms with Crippen LogP contribution >= 0.6 is 0 Å². The molecule has 124 heavy (non-hydrogen) atoms. The van der Waals surface area contributed by atoms with Crippen LogP contribution in [0.15, 0.2) is 253 Å². The summed E-state index contributed by atoms with van der Waals surface area (Å²) in [5, 5.41) is 57.3. The Morgan fingerprint density at radius 3 is 0.871 bits per heavy atom. The largest absolute Gasteiger partial charge is 1.00 e. The van der Waals surface area contributed by atoms with Gasteiger partial charge in [-0.05, 0) is 105 Å². The van der Waals surface area contributed by atoms with Gasteiger partial charge in [0.1, 0.15) is 34.5 Å². The third-order valence-electron chi connectivity index (χ3n) is 17.4. The van der Waals surface area contributed by atoms with E-state index in [-0.39, 0.29) is 67.4 Å². The van der Waals surface area contributed by atoms with E-state index in [9.17, 15) is 36.0 Å². The number of aryl methyl sites for hydroxylation is 2. The summed E-state index contributed by atoms with van der Waals surface area (Å²) in [6, 6.07) is 65.2. The predicted octanol–water partition coefficient (Wildman–Crippen LogP) is 9.78. The first-order valence-corrected chi connectivity index (χ1v) is 39.3. The van der Waals surface area contributed by atoms with Crippen molar-refractivity contribution >= 4 is 86.8 Å². The van der Waals surface area contributed by atoms with Gasteiger partial charge in [-0.2, -0.15) is 20.4 Å². The number of benzene rings is 10. The van der Waals surface area contributed by atoms with Gasteiger partial charge in [0, 0.05) is 69.7 Å². The Balaban J connectivity index is 0.000000788. The number of para-hydroxylation sites is 4. The molecule has 0 bridgehead atoms. The van der Waals surface area contributed by atoms with Gasteiger partial charge < -0.3 is 46.9 Å². The Morgan fingerprint density at radius 1 is 0.395 bits per heavy atom. The fourth-order valence-electron chi connectivity index (χ4n) is 12.0. The van der Waals surface area contributed by atoms with Crippen molar-refractivity contribution < 1.29 is 111 Å². The first kappa shape index (κ1) is 106. The van der Waals surface area contributed by atoms with Crippen LogP contribution in [0.25, 0.3) is 43.6 Å². The number of fused-ring (bicyclic) bond motifs is 4. The molecular weight excluding hydrogens is 1640 g/mol. The quantitative estimate of drug-likeness (QED) is 0.0209. The molecule has 0 aliphatic rings. The number of Topliss-reactive ketones (excluding diaryl/α,β-unsaturated/α-hetero) is 2. The number of nitrogens with zero attached hydrogens (tertiary/aromatic N) is 11. The van der Waals surface area contributed by atoms with E-state index >= 15 is 0 Å². The number of ketones is 2. The molecule has 0 saturated heterocycles. The Kier molecular flexibility index (Phi) is 43.7. The molecule has 37 heteroatoms. The van der Waals surface area contributed by atoms with Crippen molar-refractivity contribution in [2.45, 2.75) is 64.7 Å². The number of esters is 1. The van der Waals surface area contributed by atoms with E-state index in [1.165, 1.54) is 53.7 Å². The molecule has 0 aliphatic carbocycles. The van der Waals surface area contributed by atoms with Crippen molar-refractivity contribution in [3.05, 3.63) is 329 Å². The minimum Gasteiger partial charge on any atom is -1.00 e. The van der Waals surface area contributed by atoms with E-state index in [0.717, 1.165) is 87.0 Å². The molecule has 0 aliphatic heterocycles. The number of aromatic nitrogens is 8. The van der Waals surface area contributed by atoms with Crippen LogP contribution in [0.2, 0.25) is 0 Å². The van der Waals surface area contributed by atoms with E-state index in [1.807, 2.05) is 134 Å². The number of carbonyl (C=O) groups is 4. The molecule has 10 aromatic carbocycles. The predicted molar refractivity (Wildman–Crippen MR) is 471 cm³/mol. The number of carboxylic acids is 1. The number of nitrogens with two attached hydrogens (primary N) is 1. The molecule has 0 spiro atoms. The van der Waals surface area contributed by atoms with E-state index in [4.69, 9.17) is 59.1 Å². The molecule has 4 aromatic heterocycles. The second kappa shape index (κ2) is 51.0. The molecule has 4 heterocycles. The van der Waals surface area contributed by atoms with E-state index in [1.54, 1.807) is 130 Å². The van der Waals surface area contributed by atoms with Gasteiger partial charge in [-0.3, -0.25) is 58.7 Å². The van der Waals surface area contributed by atoms with Crippen LogP contribution in [-0.2, 0) is 50.6 Å². The summed E-state index contributed by atoms with van der Waals surface area (Å²) in [6.07, 6.45) is 7.25. The topological polar surface area (TPSA) is 493 Å². The number of aromatic carboxylic acids is 1. The van der Waals surface area contributed by atoms with Crippen LogP contribution in [0, 0.1) is 44.2 Å². The minimum absolute atomic E-state index is 0. The van der Waals surface area contributed by atoms with E-state index in [0.29, 0.717) is 77.0 Å². The molecule has 7 N–H and O–H groups in total. The smallest absolute Gasteiger partial charge is 1.00 e. The van der Waals surface area contributed by atoms with Gasteiger partial charge in [0.05, 0.1) is 130 Å². The van der Waals surface area contributed by atoms with Crippen molar-refractivity contribution in [1.29, 1.82) is 0 Å². The normalized spacial score (nSPS) is 10.1. The number of carboxylic acid groups (broad SMARTS) is 1. The molecular formula is C87H101LiN12O22S2. The molecule has 14 rings (SSSR count). The molecule has 654 valence electrons. The van der Waals surface area contributed by atoms with Crippen molar-refractivity contribution in [3.63, 3.8) is 0 Å². The molecule has 0 radical (unpaired) electrons. The fraction of sp³-hybridized carbons (Fsp3) is 0.218. The van der Waals surface area contributed by atoms with Gasteiger partial charge in [0.15, 0.2) is 52.4 Å². The number of nitro groups is 3. The summed E-state index contributed by atoms with van der Waals surface area (Å²) < 4.78 is 84.8. The summed E-state index contributed by atoms with van der Waals surface area (Å²) in [6.45, 7) is 5.45. The van der Waals surface area contributed by atoms with Crippen molar-refractivity contribution in [1.82, 2.24) is 39.1 Å². The summed E-state index contributed by atoms with van der Waals surface area (Å²) >= 11 is 0. The average molecular weight is 1740 g/mol. The standard InChI is InChI=1S/2C24H22N2O4S.C17H16N2O3.C16H14N2O3.3CH3NO2.CH5N.2CH4.Li.2H2O.H/c2*1-17-7-3-6-10-24(17)31(28,29)16-22(27)18-11-12-20(23(13-18)30-2)15-26-21-9-5-4-8-19(21)14-25-26;1-21-16-9-12(17(20)22-2)7-8-14(16)11-19-15-6-4-3-5-13(15)10-18-19;1-21-15-8-11(16(19)20)6-7-13(15)10-18-14-5-3-2-4-12(14)9-17-18;3*1-2(3)4;1-2;;;;;;/h2*3-14H,15-16H2,1-2H3;3-10H,11H2,1-2H3;2-9H,10H2,1H3,(H,19,20);3*1H3;2H2,1H3;2*1H4;;2*1H2;/q;;;;;;;;;;+1;;;-1. The number of methoxy groups -OCH3 is 5. The van der Waals surface area contributed by atoms with Crippen molar-refractivity contribution in [2.75, 3.05) is 75.2 Å². The third-order valence-corrected chi connectivity index (χ3v) is 21.0. The maximum atomic E-state index is 12.8. The average Bonchev–Trinajstić information content (AvgIpc) is 1.71. The molecule has 0 atom stereocenters. The zero-order valence-corrected chi connectivity index (χ0v) is 70.5. The molecule has 0 amide bonds. The number of carbonyl (C=O) groups excluding carboxylic acids is 3. The number of sulfone groups is 2. The monoisotopic (exact) mass is 1740 g/mol. The van der Waals surface area contributed by atoms with Gasteiger partial charge >= 0.3 is 30.8 Å². The van der Waals surface area contributed by atoms with Crippen LogP contribution in [0.4, 0.5) is 0 Å². The van der Waals surface area contributed by atoms with Crippen LogP contribution in [0.3, 0.4) is 0 Å². The van der Waals surface area contributed by atoms with E-state index in [2.05, 4.69) is 26.1 Å². The van der Waals surface area contributed by atoms with Gasteiger partial charge in [0.25, 0.3) is 0 Å². The zero-order chi connectivity index (χ0) is 87.1. The van der Waals surface area contributed by atoms with Gasteiger partial charge in [-0.25, -0.2) is 26.4 Å². The van der Waals surface area contributed by atoms with Gasteiger partial charge in [0.2, 0.25) is 0 Å². The Labute approximate surface area is 730 Å². The second-order valence-electron chi connectivity index (χ2n) is 25.6. The maximum Gasteiger partial charge on any atom is 1.00 e. The summed E-state index contributed by atoms with van der Waals surface area (Å²) in [5.41, 5.74) is 14.6. The SMILES string of the molecule is C.C.CN.COC(=O)c1ccc(Cn2ncc3ccccc32)c(OC)c1.COc1cc(C(=O)CS(=O)(=O)c2ccccc2C)ccc1Cn1ncc2ccccc21.COc1cc(C(=O)CS(=O)(=O)c2ccccc2C)ccc1Cn1ncc2ccccc21.COc1cc(C(=O)O)ccc1Cn1ncc2ccccc21.C[N+](=O)[O-].C[N+](=O)[O-].C[N+](=O)[O-].O.O.[H-].[Li+]. The third kappa shape index (κ3) is 29.8. The van der Waals surface area contributed by atoms with Crippen LogP contribution in [0.1, 0.15) is 91.1 Å². The number of ether oxygens (including phenoxy) is 5. The number of hydrogen-bond donors (Lipinski definition) is 2. The Hall–Kier alpha value is -13.9. The van der Waals surface area contributed by atoms with Gasteiger partial charge in [-0.15, -0.1) is 0 Å². The maximum absolute atomic E-state index is 12.8. The van der Waals surface area contributed by atoms with Crippen LogP contribution in [-0.4, -0.2) is 186 Å².